The topological polar surface area (TPSA) is 9.23 Å². The van der Waals surface area contributed by atoms with Crippen molar-refractivity contribution in [2.75, 3.05) is 6.61 Å². The predicted octanol–water partition coefficient (Wildman–Crippen LogP) is 4.47. The van der Waals surface area contributed by atoms with E-state index in [1.54, 1.807) is 0 Å². The molecule has 2 atom stereocenters. The molecule has 0 aliphatic carbocycles. The Morgan fingerprint density at radius 2 is 1.73 bits per heavy atom. The summed E-state index contributed by atoms with van der Waals surface area (Å²) in [5.41, 5.74) is 0. The van der Waals surface area contributed by atoms with Crippen molar-refractivity contribution in [2.45, 2.75) is 59.5 Å². The Balaban J connectivity index is 3.72. The highest BCUT2D eigenvalue weighted by Gasteiger charge is 2.12. The number of rotatable bonds is 9. The molecule has 3 heteroatoms. The highest BCUT2D eigenvalue weighted by atomic mass is 19.3. The van der Waals surface area contributed by atoms with Crippen LogP contribution in [-0.4, -0.2) is 13.2 Å². The summed E-state index contributed by atoms with van der Waals surface area (Å²) in [6.07, 6.45) is 5.32. The fraction of sp³-hybridized carbons (Fsp3) is 1.00. The van der Waals surface area contributed by atoms with Crippen LogP contribution in [0.25, 0.3) is 0 Å². The van der Waals surface area contributed by atoms with Crippen molar-refractivity contribution in [3.05, 3.63) is 0 Å². The normalized spacial score (nSPS) is 15.6. The molecule has 0 N–H and O–H groups in total. The minimum Gasteiger partial charge on any atom is -0.323 e. The third kappa shape index (κ3) is 8.79. The smallest absolute Gasteiger partial charge is 0.323 e. The summed E-state index contributed by atoms with van der Waals surface area (Å²) in [6.45, 7) is 4.04. The van der Waals surface area contributed by atoms with Crippen molar-refractivity contribution >= 4 is 0 Å². The minimum atomic E-state index is -2.62. The monoisotopic (exact) mass is 222 g/mol. The van der Waals surface area contributed by atoms with Gasteiger partial charge in [0.05, 0.1) is 6.61 Å². The van der Waals surface area contributed by atoms with E-state index in [4.69, 9.17) is 0 Å². The van der Waals surface area contributed by atoms with Gasteiger partial charge in [0.2, 0.25) is 0 Å². The molecular formula is C12H24F2O. The van der Waals surface area contributed by atoms with Crippen LogP contribution in [0.1, 0.15) is 52.9 Å². The van der Waals surface area contributed by atoms with Crippen molar-refractivity contribution in [2.24, 2.45) is 11.8 Å². The minimum absolute atomic E-state index is 0.210. The second kappa shape index (κ2) is 9.08. The summed E-state index contributed by atoms with van der Waals surface area (Å²) >= 11 is 0. The third-order valence-electron chi connectivity index (χ3n) is 2.92. The summed E-state index contributed by atoms with van der Waals surface area (Å²) in [7, 11) is 0. The SMILES string of the molecule is CCCC(CCC(C)CC)COC(F)F. The van der Waals surface area contributed by atoms with Gasteiger partial charge in [-0.1, -0.05) is 40.0 Å². The van der Waals surface area contributed by atoms with Crippen molar-refractivity contribution in [1.29, 1.82) is 0 Å². The molecule has 0 saturated carbocycles. The second-order valence-electron chi connectivity index (χ2n) is 4.34. The number of halogens is 2. The lowest BCUT2D eigenvalue weighted by Crippen LogP contribution is -2.13. The van der Waals surface area contributed by atoms with E-state index in [9.17, 15) is 8.78 Å². The molecule has 0 aromatic rings. The van der Waals surface area contributed by atoms with E-state index in [0.717, 1.165) is 32.1 Å². The van der Waals surface area contributed by atoms with Gasteiger partial charge in [-0.25, -0.2) is 0 Å². The molecule has 0 saturated heterocycles. The molecule has 15 heavy (non-hydrogen) atoms. The van der Waals surface area contributed by atoms with E-state index in [2.05, 4.69) is 25.5 Å². The Morgan fingerprint density at radius 1 is 1.07 bits per heavy atom. The lowest BCUT2D eigenvalue weighted by molar-refractivity contribution is -0.139. The van der Waals surface area contributed by atoms with Gasteiger partial charge >= 0.3 is 6.61 Å². The molecule has 0 rings (SSSR count). The quantitative estimate of drug-likeness (QED) is 0.559. The van der Waals surface area contributed by atoms with Gasteiger partial charge in [0.1, 0.15) is 0 Å². The molecule has 0 amide bonds. The van der Waals surface area contributed by atoms with E-state index in [1.807, 2.05) is 0 Å². The van der Waals surface area contributed by atoms with Crippen LogP contribution in [0.3, 0.4) is 0 Å². The Hall–Kier alpha value is -0.180. The Kier molecular flexibility index (Phi) is 8.97. The van der Waals surface area contributed by atoms with Gasteiger partial charge in [-0.05, 0) is 24.7 Å². The van der Waals surface area contributed by atoms with Gasteiger partial charge in [0, 0.05) is 0 Å². The zero-order chi connectivity index (χ0) is 11.7. The van der Waals surface area contributed by atoms with Crippen molar-refractivity contribution < 1.29 is 13.5 Å². The van der Waals surface area contributed by atoms with Gasteiger partial charge in [0.25, 0.3) is 0 Å². The molecule has 0 aromatic heterocycles. The molecule has 0 bridgehead atoms. The lowest BCUT2D eigenvalue weighted by atomic mass is 9.93. The molecule has 0 aliphatic rings. The molecular weight excluding hydrogens is 198 g/mol. The van der Waals surface area contributed by atoms with E-state index < -0.39 is 6.61 Å². The summed E-state index contributed by atoms with van der Waals surface area (Å²) in [4.78, 5) is 0. The number of hydrogen-bond acceptors (Lipinski definition) is 1. The first-order chi connectivity index (χ1) is 7.10. The van der Waals surface area contributed by atoms with Crippen molar-refractivity contribution in [1.82, 2.24) is 0 Å². The fourth-order valence-corrected chi connectivity index (χ4v) is 1.65. The molecule has 1 nitrogen and oxygen atoms in total. The zero-order valence-electron chi connectivity index (χ0n) is 10.1. The van der Waals surface area contributed by atoms with Crippen LogP contribution in [0, 0.1) is 11.8 Å². The first-order valence-electron chi connectivity index (χ1n) is 5.99. The maximum absolute atomic E-state index is 11.9. The van der Waals surface area contributed by atoms with Crippen molar-refractivity contribution in [3.63, 3.8) is 0 Å². The van der Waals surface area contributed by atoms with Crippen LogP contribution < -0.4 is 0 Å². The molecule has 0 aromatic carbocycles. The van der Waals surface area contributed by atoms with Crippen LogP contribution in [-0.2, 0) is 4.74 Å². The lowest BCUT2D eigenvalue weighted by Gasteiger charge is -2.17. The van der Waals surface area contributed by atoms with Crippen LogP contribution in [0.15, 0.2) is 0 Å². The van der Waals surface area contributed by atoms with Gasteiger partial charge in [-0.15, -0.1) is 0 Å². The molecule has 0 heterocycles. The van der Waals surface area contributed by atoms with Crippen LogP contribution in [0.5, 0.6) is 0 Å². The summed E-state index contributed by atoms with van der Waals surface area (Å²) < 4.78 is 28.1. The molecule has 0 radical (unpaired) electrons. The largest absolute Gasteiger partial charge is 0.345 e. The van der Waals surface area contributed by atoms with Crippen LogP contribution >= 0.6 is 0 Å². The standard InChI is InChI=1S/C12H24F2O/c1-4-6-11(9-15-12(13)14)8-7-10(3)5-2/h10-12H,4-9H2,1-3H3. The molecule has 0 fully saturated rings. The van der Waals surface area contributed by atoms with Gasteiger partial charge < -0.3 is 4.74 Å². The number of alkyl halides is 2. The highest BCUT2D eigenvalue weighted by Crippen LogP contribution is 2.20. The molecule has 2 unspecified atom stereocenters. The average molecular weight is 222 g/mol. The molecule has 92 valence electrons. The van der Waals surface area contributed by atoms with E-state index in [0.29, 0.717) is 11.8 Å². The van der Waals surface area contributed by atoms with Crippen molar-refractivity contribution in [3.8, 4) is 0 Å². The second-order valence-corrected chi connectivity index (χ2v) is 4.34. The Bertz CT molecular complexity index is 140. The maximum atomic E-state index is 11.9. The Labute approximate surface area is 92.2 Å². The first kappa shape index (κ1) is 14.8. The molecule has 0 spiro atoms. The average Bonchev–Trinajstić information content (AvgIpc) is 2.21. The van der Waals surface area contributed by atoms with E-state index in [-0.39, 0.29) is 6.61 Å². The Morgan fingerprint density at radius 3 is 2.20 bits per heavy atom. The number of hydrogen-bond donors (Lipinski definition) is 0. The molecule has 0 aliphatic heterocycles. The van der Waals surface area contributed by atoms with Crippen LogP contribution in [0.4, 0.5) is 8.78 Å². The zero-order valence-corrected chi connectivity index (χ0v) is 10.1. The van der Waals surface area contributed by atoms with Crippen LogP contribution in [0.2, 0.25) is 0 Å². The van der Waals surface area contributed by atoms with Gasteiger partial charge in [-0.3, -0.25) is 0 Å². The third-order valence-corrected chi connectivity index (χ3v) is 2.92. The predicted molar refractivity (Wildman–Crippen MR) is 59.0 cm³/mol. The highest BCUT2D eigenvalue weighted by molar-refractivity contribution is 4.61. The first-order valence-corrected chi connectivity index (χ1v) is 5.99. The van der Waals surface area contributed by atoms with Gasteiger partial charge in [0.15, 0.2) is 0 Å². The summed E-state index contributed by atoms with van der Waals surface area (Å²) in [6, 6.07) is 0. The van der Waals surface area contributed by atoms with E-state index in [1.165, 1.54) is 0 Å². The maximum Gasteiger partial charge on any atom is 0.345 e. The number of ether oxygens (including phenoxy) is 1. The summed E-state index contributed by atoms with van der Waals surface area (Å²) in [5, 5.41) is 0. The van der Waals surface area contributed by atoms with E-state index >= 15 is 0 Å². The van der Waals surface area contributed by atoms with Gasteiger partial charge in [-0.2, -0.15) is 8.78 Å². The summed E-state index contributed by atoms with van der Waals surface area (Å²) in [5.74, 6) is 0.994. The fourth-order valence-electron chi connectivity index (χ4n) is 1.65.